The summed E-state index contributed by atoms with van der Waals surface area (Å²) in [5.74, 6) is 1.40. The van der Waals surface area contributed by atoms with Crippen molar-refractivity contribution >= 4 is 10.9 Å². The van der Waals surface area contributed by atoms with Crippen LogP contribution in [0.3, 0.4) is 0 Å². The Kier molecular flexibility index (Phi) is 2.84. The Hall–Kier alpha value is -2.28. The van der Waals surface area contributed by atoms with E-state index in [1.165, 1.54) is 0 Å². The van der Waals surface area contributed by atoms with Crippen LogP contribution in [0.4, 0.5) is 0 Å². The quantitative estimate of drug-likeness (QED) is 0.792. The van der Waals surface area contributed by atoms with E-state index in [4.69, 9.17) is 14.7 Å². The summed E-state index contributed by atoms with van der Waals surface area (Å²) in [5.41, 5.74) is 1.98. The molecule has 1 aromatic carbocycles. The molecule has 0 saturated heterocycles. The standard InChI is InChI=1S/C13H12N2O2/c1-8-11(16-2)5-4-10-12(17-3)6-9(7-14)15-13(8)10/h4-6H,1-3H3. The molecule has 0 fully saturated rings. The van der Waals surface area contributed by atoms with Crippen molar-refractivity contribution in [1.29, 1.82) is 5.26 Å². The first kappa shape index (κ1) is 11.2. The molecule has 0 unspecified atom stereocenters. The second kappa shape index (κ2) is 4.30. The van der Waals surface area contributed by atoms with Gasteiger partial charge in [-0.15, -0.1) is 0 Å². The molecule has 0 bridgehead atoms. The highest BCUT2D eigenvalue weighted by Gasteiger charge is 2.11. The molecule has 2 rings (SSSR count). The van der Waals surface area contributed by atoms with Crippen LogP contribution >= 0.6 is 0 Å². The summed E-state index contributed by atoms with van der Waals surface area (Å²) in [4.78, 5) is 4.29. The topological polar surface area (TPSA) is 55.1 Å². The molecule has 0 N–H and O–H groups in total. The Morgan fingerprint density at radius 1 is 1.18 bits per heavy atom. The van der Waals surface area contributed by atoms with Gasteiger partial charge in [-0.1, -0.05) is 0 Å². The summed E-state index contributed by atoms with van der Waals surface area (Å²) in [6, 6.07) is 7.41. The fraction of sp³-hybridized carbons (Fsp3) is 0.231. The molecule has 17 heavy (non-hydrogen) atoms. The lowest BCUT2D eigenvalue weighted by Gasteiger charge is -2.10. The third-order valence-electron chi connectivity index (χ3n) is 2.70. The highest BCUT2D eigenvalue weighted by molar-refractivity contribution is 5.89. The number of ether oxygens (including phenoxy) is 2. The minimum absolute atomic E-state index is 0.339. The summed E-state index contributed by atoms with van der Waals surface area (Å²) in [6.07, 6.45) is 0. The van der Waals surface area contributed by atoms with E-state index in [-0.39, 0.29) is 0 Å². The predicted octanol–water partition coefficient (Wildman–Crippen LogP) is 2.43. The molecule has 0 aliphatic carbocycles. The predicted molar refractivity (Wildman–Crippen MR) is 64.3 cm³/mol. The molecule has 0 atom stereocenters. The Morgan fingerprint density at radius 3 is 2.47 bits per heavy atom. The van der Waals surface area contributed by atoms with Gasteiger partial charge in [0.25, 0.3) is 0 Å². The van der Waals surface area contributed by atoms with Gasteiger partial charge in [0.1, 0.15) is 23.3 Å². The van der Waals surface area contributed by atoms with Crippen molar-refractivity contribution in [1.82, 2.24) is 4.98 Å². The van der Waals surface area contributed by atoms with Gasteiger partial charge in [-0.2, -0.15) is 5.26 Å². The van der Waals surface area contributed by atoms with E-state index in [0.29, 0.717) is 11.4 Å². The molecule has 1 aromatic heterocycles. The van der Waals surface area contributed by atoms with Crippen molar-refractivity contribution < 1.29 is 9.47 Å². The molecule has 4 nitrogen and oxygen atoms in total. The maximum atomic E-state index is 8.94. The molecule has 4 heteroatoms. The lowest BCUT2D eigenvalue weighted by atomic mass is 10.1. The molecule has 0 saturated carbocycles. The van der Waals surface area contributed by atoms with Crippen LogP contribution < -0.4 is 9.47 Å². The number of aromatic nitrogens is 1. The second-order valence-electron chi connectivity index (χ2n) is 3.61. The van der Waals surface area contributed by atoms with Gasteiger partial charge in [-0.3, -0.25) is 0 Å². The van der Waals surface area contributed by atoms with E-state index in [1.54, 1.807) is 20.3 Å². The van der Waals surface area contributed by atoms with Crippen molar-refractivity contribution in [3.05, 3.63) is 29.5 Å². The number of fused-ring (bicyclic) bond motifs is 1. The van der Waals surface area contributed by atoms with Crippen molar-refractivity contribution in [3.8, 4) is 17.6 Å². The number of rotatable bonds is 2. The average molecular weight is 228 g/mol. The summed E-state index contributed by atoms with van der Waals surface area (Å²) < 4.78 is 10.5. The third kappa shape index (κ3) is 1.76. The van der Waals surface area contributed by atoms with Crippen LogP contribution in [-0.2, 0) is 0 Å². The lowest BCUT2D eigenvalue weighted by Crippen LogP contribution is -1.95. The van der Waals surface area contributed by atoms with Crippen LogP contribution in [-0.4, -0.2) is 19.2 Å². The number of pyridine rings is 1. The van der Waals surface area contributed by atoms with Gasteiger partial charge in [0.15, 0.2) is 0 Å². The minimum Gasteiger partial charge on any atom is -0.496 e. The van der Waals surface area contributed by atoms with Crippen molar-refractivity contribution in [3.63, 3.8) is 0 Å². The van der Waals surface area contributed by atoms with E-state index in [9.17, 15) is 0 Å². The molecule has 1 heterocycles. The van der Waals surface area contributed by atoms with Gasteiger partial charge in [0.05, 0.1) is 19.7 Å². The Bertz CT molecular complexity index is 615. The Morgan fingerprint density at radius 2 is 1.88 bits per heavy atom. The van der Waals surface area contributed by atoms with Crippen molar-refractivity contribution in [2.75, 3.05) is 14.2 Å². The van der Waals surface area contributed by atoms with Gasteiger partial charge in [0.2, 0.25) is 0 Å². The molecule has 0 aliphatic heterocycles. The van der Waals surface area contributed by atoms with Crippen LogP contribution in [0.15, 0.2) is 18.2 Å². The number of methoxy groups -OCH3 is 2. The number of nitriles is 1. The zero-order valence-corrected chi connectivity index (χ0v) is 9.94. The molecule has 0 aliphatic rings. The zero-order chi connectivity index (χ0) is 12.4. The van der Waals surface area contributed by atoms with Crippen molar-refractivity contribution in [2.45, 2.75) is 6.92 Å². The van der Waals surface area contributed by atoms with Crippen LogP contribution in [0.1, 0.15) is 11.3 Å². The molecule has 0 spiro atoms. The third-order valence-corrected chi connectivity index (χ3v) is 2.70. The number of hydrogen-bond acceptors (Lipinski definition) is 4. The Labute approximate surface area is 99.4 Å². The van der Waals surface area contributed by atoms with Crippen LogP contribution in [0.25, 0.3) is 10.9 Å². The molecular formula is C13H12N2O2. The molecule has 0 amide bonds. The maximum Gasteiger partial charge on any atom is 0.144 e. The maximum absolute atomic E-state index is 8.94. The fourth-order valence-electron chi connectivity index (χ4n) is 1.83. The van der Waals surface area contributed by atoms with E-state index in [1.807, 2.05) is 25.1 Å². The molecule has 0 radical (unpaired) electrons. The normalized spacial score (nSPS) is 10.0. The monoisotopic (exact) mass is 228 g/mol. The number of aryl methyl sites for hydroxylation is 1. The largest absolute Gasteiger partial charge is 0.496 e. The van der Waals surface area contributed by atoms with Gasteiger partial charge in [-0.05, 0) is 19.1 Å². The van der Waals surface area contributed by atoms with Gasteiger partial charge < -0.3 is 9.47 Å². The summed E-state index contributed by atoms with van der Waals surface area (Å²) >= 11 is 0. The second-order valence-corrected chi connectivity index (χ2v) is 3.61. The van der Waals surface area contributed by atoms with Gasteiger partial charge in [0, 0.05) is 17.0 Å². The van der Waals surface area contributed by atoms with E-state index >= 15 is 0 Å². The van der Waals surface area contributed by atoms with E-state index in [2.05, 4.69) is 4.98 Å². The fourth-order valence-corrected chi connectivity index (χ4v) is 1.83. The first-order chi connectivity index (χ1) is 8.21. The molecule has 86 valence electrons. The summed E-state index contributed by atoms with van der Waals surface area (Å²) in [5, 5.41) is 9.81. The van der Waals surface area contributed by atoms with Gasteiger partial charge >= 0.3 is 0 Å². The summed E-state index contributed by atoms with van der Waals surface area (Å²) in [6.45, 7) is 1.91. The van der Waals surface area contributed by atoms with Crippen LogP contribution in [0.2, 0.25) is 0 Å². The SMILES string of the molecule is COc1ccc2c(OC)cc(C#N)nc2c1C. The minimum atomic E-state index is 0.339. The highest BCUT2D eigenvalue weighted by Crippen LogP contribution is 2.31. The smallest absolute Gasteiger partial charge is 0.144 e. The number of hydrogen-bond donors (Lipinski definition) is 0. The average Bonchev–Trinajstić information content (AvgIpc) is 2.38. The first-order valence-electron chi connectivity index (χ1n) is 5.13. The van der Waals surface area contributed by atoms with Crippen molar-refractivity contribution in [2.24, 2.45) is 0 Å². The molecular weight excluding hydrogens is 216 g/mol. The zero-order valence-electron chi connectivity index (χ0n) is 9.94. The first-order valence-corrected chi connectivity index (χ1v) is 5.13. The summed E-state index contributed by atoms with van der Waals surface area (Å²) in [7, 11) is 3.19. The van der Waals surface area contributed by atoms with E-state index in [0.717, 1.165) is 22.2 Å². The lowest BCUT2D eigenvalue weighted by molar-refractivity contribution is 0.411. The van der Waals surface area contributed by atoms with Crippen LogP contribution in [0.5, 0.6) is 11.5 Å². The Balaban J connectivity index is 2.86. The van der Waals surface area contributed by atoms with Gasteiger partial charge in [-0.25, -0.2) is 4.98 Å². The van der Waals surface area contributed by atoms with E-state index < -0.39 is 0 Å². The van der Waals surface area contributed by atoms with Crippen LogP contribution in [0, 0.1) is 18.3 Å². The number of nitrogens with zero attached hydrogens (tertiary/aromatic N) is 2. The molecule has 2 aromatic rings. The number of benzene rings is 1. The highest BCUT2D eigenvalue weighted by atomic mass is 16.5.